The Morgan fingerprint density at radius 2 is 2.25 bits per heavy atom. The Bertz CT molecular complexity index is 437. The summed E-state index contributed by atoms with van der Waals surface area (Å²) in [6.07, 6.45) is 4.37. The average Bonchev–Trinajstić information content (AvgIpc) is 2.78. The highest BCUT2D eigenvalue weighted by Crippen LogP contribution is 2.16. The molecule has 0 aliphatic carbocycles. The standard InChI is InChI=1S/C13H16N2O/c1-10-4-3-5-12(15-10)13(14-2)8-11-6-7-16-9-11/h3-7,9,13-14H,8H2,1-2H3. The number of aryl methyl sites for hydroxylation is 1. The fourth-order valence-corrected chi connectivity index (χ4v) is 1.76. The fraction of sp³-hybridized carbons (Fsp3) is 0.308. The second-order valence-electron chi connectivity index (χ2n) is 3.88. The van der Waals surface area contributed by atoms with E-state index >= 15 is 0 Å². The SMILES string of the molecule is CNC(Cc1ccoc1)c1cccc(C)n1. The lowest BCUT2D eigenvalue weighted by molar-refractivity contribution is 0.546. The first kappa shape index (κ1) is 10.9. The summed E-state index contributed by atoms with van der Waals surface area (Å²) in [7, 11) is 1.95. The van der Waals surface area contributed by atoms with Crippen molar-refractivity contribution >= 4 is 0 Å². The van der Waals surface area contributed by atoms with Crippen molar-refractivity contribution in [1.29, 1.82) is 0 Å². The van der Waals surface area contributed by atoms with Crippen LogP contribution < -0.4 is 5.32 Å². The van der Waals surface area contributed by atoms with Gasteiger partial charge in [0.1, 0.15) is 0 Å². The minimum Gasteiger partial charge on any atom is -0.472 e. The third-order valence-corrected chi connectivity index (χ3v) is 2.64. The van der Waals surface area contributed by atoms with Crippen molar-refractivity contribution in [3.8, 4) is 0 Å². The molecule has 0 spiro atoms. The van der Waals surface area contributed by atoms with Crippen LogP contribution in [0.3, 0.4) is 0 Å². The zero-order chi connectivity index (χ0) is 11.4. The van der Waals surface area contributed by atoms with E-state index < -0.39 is 0 Å². The van der Waals surface area contributed by atoms with Gasteiger partial charge in [-0.15, -0.1) is 0 Å². The summed E-state index contributed by atoms with van der Waals surface area (Å²) in [5.74, 6) is 0. The van der Waals surface area contributed by atoms with Crippen LogP contribution in [0.15, 0.2) is 41.2 Å². The number of hydrogen-bond donors (Lipinski definition) is 1. The van der Waals surface area contributed by atoms with E-state index in [4.69, 9.17) is 4.42 Å². The van der Waals surface area contributed by atoms with E-state index in [1.165, 1.54) is 5.56 Å². The topological polar surface area (TPSA) is 38.1 Å². The van der Waals surface area contributed by atoms with Crippen LogP contribution in [0.2, 0.25) is 0 Å². The number of nitrogens with zero attached hydrogens (tertiary/aromatic N) is 1. The molecule has 2 rings (SSSR count). The predicted octanol–water partition coefficient (Wildman–Crippen LogP) is 2.49. The van der Waals surface area contributed by atoms with Crippen molar-refractivity contribution in [2.24, 2.45) is 0 Å². The quantitative estimate of drug-likeness (QED) is 0.853. The van der Waals surface area contributed by atoms with Gasteiger partial charge in [-0.3, -0.25) is 4.98 Å². The lowest BCUT2D eigenvalue weighted by Gasteiger charge is -2.14. The Hall–Kier alpha value is -1.61. The van der Waals surface area contributed by atoms with Crippen LogP contribution in [0.25, 0.3) is 0 Å². The van der Waals surface area contributed by atoms with E-state index in [0.29, 0.717) is 0 Å². The Morgan fingerprint density at radius 3 is 2.88 bits per heavy atom. The lowest BCUT2D eigenvalue weighted by atomic mass is 10.1. The Balaban J connectivity index is 2.16. The Kier molecular flexibility index (Phi) is 3.37. The third kappa shape index (κ3) is 2.49. The first-order valence-corrected chi connectivity index (χ1v) is 5.41. The average molecular weight is 216 g/mol. The molecule has 1 N–H and O–H groups in total. The monoisotopic (exact) mass is 216 g/mol. The van der Waals surface area contributed by atoms with Gasteiger partial charge in [0.2, 0.25) is 0 Å². The zero-order valence-electron chi connectivity index (χ0n) is 9.60. The van der Waals surface area contributed by atoms with Crippen LogP contribution in [-0.2, 0) is 6.42 Å². The van der Waals surface area contributed by atoms with Gasteiger partial charge in [-0.2, -0.15) is 0 Å². The Morgan fingerprint density at radius 1 is 1.38 bits per heavy atom. The first-order valence-electron chi connectivity index (χ1n) is 5.41. The normalized spacial score (nSPS) is 12.6. The number of rotatable bonds is 4. The lowest BCUT2D eigenvalue weighted by Crippen LogP contribution is -2.20. The second-order valence-corrected chi connectivity index (χ2v) is 3.88. The Labute approximate surface area is 95.5 Å². The number of nitrogens with one attached hydrogen (secondary N) is 1. The molecule has 0 saturated carbocycles. The molecule has 0 bridgehead atoms. The predicted molar refractivity (Wildman–Crippen MR) is 63.2 cm³/mol. The molecule has 2 aromatic heterocycles. The largest absolute Gasteiger partial charge is 0.472 e. The molecule has 3 heteroatoms. The van der Waals surface area contributed by atoms with Crippen molar-refractivity contribution in [3.05, 3.63) is 53.7 Å². The minimum atomic E-state index is 0.234. The first-order chi connectivity index (χ1) is 7.79. The molecule has 0 aliphatic rings. The molecule has 1 atom stereocenters. The molecule has 0 amide bonds. The zero-order valence-corrected chi connectivity index (χ0v) is 9.60. The van der Waals surface area contributed by atoms with Crippen molar-refractivity contribution in [2.45, 2.75) is 19.4 Å². The van der Waals surface area contributed by atoms with Crippen LogP contribution in [0, 0.1) is 6.92 Å². The molecule has 2 heterocycles. The third-order valence-electron chi connectivity index (χ3n) is 2.64. The maximum absolute atomic E-state index is 5.07. The van der Waals surface area contributed by atoms with Crippen LogP contribution >= 0.6 is 0 Å². The molecule has 0 aliphatic heterocycles. The highest BCUT2D eigenvalue weighted by atomic mass is 16.3. The number of aromatic nitrogens is 1. The summed E-state index contributed by atoms with van der Waals surface area (Å²) in [6, 6.07) is 8.32. The van der Waals surface area contributed by atoms with Gasteiger partial charge >= 0.3 is 0 Å². The number of pyridine rings is 1. The second kappa shape index (κ2) is 4.94. The van der Waals surface area contributed by atoms with E-state index in [1.54, 1.807) is 12.5 Å². The molecule has 84 valence electrons. The van der Waals surface area contributed by atoms with Crippen molar-refractivity contribution in [1.82, 2.24) is 10.3 Å². The van der Waals surface area contributed by atoms with Crippen molar-refractivity contribution in [3.63, 3.8) is 0 Å². The highest BCUT2D eigenvalue weighted by Gasteiger charge is 2.11. The molecule has 0 aromatic carbocycles. The maximum Gasteiger partial charge on any atom is 0.0935 e. The molecular weight excluding hydrogens is 200 g/mol. The molecule has 1 unspecified atom stereocenters. The number of likely N-dealkylation sites (N-methyl/N-ethyl adjacent to an activating group) is 1. The summed E-state index contributed by atoms with van der Waals surface area (Å²) >= 11 is 0. The summed E-state index contributed by atoms with van der Waals surface area (Å²) in [4.78, 5) is 4.53. The minimum absolute atomic E-state index is 0.234. The van der Waals surface area contributed by atoms with E-state index in [-0.39, 0.29) is 6.04 Å². The summed E-state index contributed by atoms with van der Waals surface area (Å²) in [6.45, 7) is 2.01. The van der Waals surface area contributed by atoms with Gasteiger partial charge in [0, 0.05) is 5.69 Å². The highest BCUT2D eigenvalue weighted by molar-refractivity contribution is 5.17. The van der Waals surface area contributed by atoms with Crippen molar-refractivity contribution < 1.29 is 4.42 Å². The molecule has 0 radical (unpaired) electrons. The molecular formula is C13H16N2O. The van der Waals surface area contributed by atoms with E-state index in [0.717, 1.165) is 17.8 Å². The van der Waals surface area contributed by atoms with Gasteiger partial charge in [0.05, 0.1) is 24.3 Å². The molecule has 3 nitrogen and oxygen atoms in total. The van der Waals surface area contributed by atoms with Gasteiger partial charge in [0.25, 0.3) is 0 Å². The summed E-state index contributed by atoms with van der Waals surface area (Å²) in [5, 5.41) is 3.28. The van der Waals surface area contributed by atoms with Crippen molar-refractivity contribution in [2.75, 3.05) is 7.05 Å². The van der Waals surface area contributed by atoms with Gasteiger partial charge in [-0.1, -0.05) is 6.07 Å². The van der Waals surface area contributed by atoms with Gasteiger partial charge in [0.15, 0.2) is 0 Å². The van der Waals surface area contributed by atoms with Crippen LogP contribution in [0.5, 0.6) is 0 Å². The summed E-state index contributed by atoms with van der Waals surface area (Å²) in [5.41, 5.74) is 3.30. The van der Waals surface area contributed by atoms with E-state index in [9.17, 15) is 0 Å². The van der Waals surface area contributed by atoms with Crippen LogP contribution in [0.4, 0.5) is 0 Å². The molecule has 0 fully saturated rings. The maximum atomic E-state index is 5.07. The smallest absolute Gasteiger partial charge is 0.0935 e. The van der Waals surface area contributed by atoms with Gasteiger partial charge < -0.3 is 9.73 Å². The van der Waals surface area contributed by atoms with E-state index in [1.807, 2.05) is 38.2 Å². The van der Waals surface area contributed by atoms with Gasteiger partial charge in [-0.25, -0.2) is 0 Å². The number of hydrogen-bond acceptors (Lipinski definition) is 3. The van der Waals surface area contributed by atoms with Crippen LogP contribution in [0.1, 0.15) is 23.0 Å². The van der Waals surface area contributed by atoms with Crippen LogP contribution in [-0.4, -0.2) is 12.0 Å². The molecule has 0 saturated heterocycles. The molecule has 16 heavy (non-hydrogen) atoms. The number of furan rings is 1. The van der Waals surface area contributed by atoms with Gasteiger partial charge in [-0.05, 0) is 44.2 Å². The molecule has 2 aromatic rings. The van der Waals surface area contributed by atoms with E-state index in [2.05, 4.69) is 10.3 Å². The fourth-order valence-electron chi connectivity index (χ4n) is 1.76. The summed E-state index contributed by atoms with van der Waals surface area (Å²) < 4.78 is 5.07.